The molecule has 3 aromatic carbocycles. The number of hydrogen-bond donors (Lipinski definition) is 4. The molecule has 34 heavy (non-hydrogen) atoms. The molecule has 0 saturated carbocycles. The van der Waals surface area contributed by atoms with Crippen LogP contribution in [0.25, 0.3) is 0 Å². The first-order valence-corrected chi connectivity index (χ1v) is 12.4. The molecule has 0 aromatic heterocycles. The van der Waals surface area contributed by atoms with Gasteiger partial charge in [-0.15, -0.1) is 0 Å². The summed E-state index contributed by atoms with van der Waals surface area (Å²) in [6.07, 6.45) is 0. The summed E-state index contributed by atoms with van der Waals surface area (Å²) in [5.41, 5.74) is 6.11. The highest BCUT2D eigenvalue weighted by Crippen LogP contribution is 2.24. The third kappa shape index (κ3) is 8.76. The Balaban J connectivity index is 1.55. The smallest absolute Gasteiger partial charge is 0.166 e. The zero-order chi connectivity index (χ0) is 24.4. The molecule has 0 radical (unpaired) electrons. The average Bonchev–Trinajstić information content (AvgIpc) is 2.84. The Labute approximate surface area is 214 Å². The number of hydrogen-bond acceptors (Lipinski definition) is 2. The predicted molar refractivity (Wildman–Crippen MR) is 151 cm³/mol. The van der Waals surface area contributed by atoms with Gasteiger partial charge in [0, 0.05) is 26.2 Å². The first-order valence-electron chi connectivity index (χ1n) is 11.5. The van der Waals surface area contributed by atoms with E-state index in [1.165, 1.54) is 27.8 Å². The van der Waals surface area contributed by atoms with Gasteiger partial charge in [-0.2, -0.15) is 0 Å². The molecule has 0 saturated heterocycles. The molecular weight excluding hydrogens is 456 g/mol. The van der Waals surface area contributed by atoms with Gasteiger partial charge in [0.05, 0.1) is 0 Å². The van der Waals surface area contributed by atoms with E-state index in [0.717, 1.165) is 0 Å². The van der Waals surface area contributed by atoms with E-state index < -0.39 is 0 Å². The minimum Gasteiger partial charge on any atom is -0.359 e. The van der Waals surface area contributed by atoms with E-state index in [9.17, 15) is 0 Å². The second kappa shape index (κ2) is 12.5. The number of nitrogens with one attached hydrogen (secondary N) is 4. The summed E-state index contributed by atoms with van der Waals surface area (Å²) in [6.45, 7) is 9.43. The van der Waals surface area contributed by atoms with Crippen LogP contribution >= 0.6 is 24.4 Å². The van der Waals surface area contributed by atoms with Gasteiger partial charge in [0.25, 0.3) is 0 Å². The molecule has 0 atom stereocenters. The molecule has 0 spiro atoms. The van der Waals surface area contributed by atoms with Crippen LogP contribution in [0, 0.1) is 0 Å². The Morgan fingerprint density at radius 1 is 0.559 bits per heavy atom. The number of thiocarbonyl (C=S) groups is 2. The Morgan fingerprint density at radius 2 is 0.912 bits per heavy atom. The molecular formula is C28H34N4S2. The third-order valence-corrected chi connectivity index (χ3v) is 5.99. The zero-order valence-electron chi connectivity index (χ0n) is 20.2. The van der Waals surface area contributed by atoms with Crippen LogP contribution in [0.5, 0.6) is 0 Å². The lowest BCUT2D eigenvalue weighted by atomic mass is 9.85. The lowest BCUT2D eigenvalue weighted by Crippen LogP contribution is -2.35. The summed E-state index contributed by atoms with van der Waals surface area (Å²) < 4.78 is 0. The topological polar surface area (TPSA) is 48.1 Å². The molecule has 0 heterocycles. The van der Waals surface area contributed by atoms with Gasteiger partial charge in [-0.05, 0) is 57.7 Å². The lowest BCUT2D eigenvalue weighted by Gasteiger charge is -2.22. The molecule has 0 unspecified atom stereocenters. The fourth-order valence-corrected chi connectivity index (χ4v) is 3.73. The van der Waals surface area contributed by atoms with Gasteiger partial charge in [0.15, 0.2) is 10.2 Å². The van der Waals surface area contributed by atoms with Crippen molar-refractivity contribution in [3.63, 3.8) is 0 Å². The first-order chi connectivity index (χ1) is 16.3. The van der Waals surface area contributed by atoms with E-state index in [0.29, 0.717) is 36.4 Å². The van der Waals surface area contributed by atoms with Crippen molar-refractivity contribution >= 4 is 34.7 Å². The van der Waals surface area contributed by atoms with Crippen LogP contribution in [-0.2, 0) is 31.6 Å². The molecule has 0 amide bonds. The van der Waals surface area contributed by atoms with Crippen LogP contribution in [0.1, 0.15) is 48.6 Å². The molecule has 6 heteroatoms. The van der Waals surface area contributed by atoms with E-state index >= 15 is 0 Å². The summed E-state index contributed by atoms with van der Waals surface area (Å²) in [6, 6.07) is 27.2. The van der Waals surface area contributed by atoms with Gasteiger partial charge in [-0.1, -0.05) is 99.6 Å². The maximum Gasteiger partial charge on any atom is 0.166 e. The van der Waals surface area contributed by atoms with Gasteiger partial charge in [0.1, 0.15) is 0 Å². The molecule has 0 fully saturated rings. The predicted octanol–water partition coefficient (Wildman–Crippen LogP) is 5.31. The molecule has 3 rings (SSSR count). The molecule has 0 aliphatic heterocycles. The largest absolute Gasteiger partial charge is 0.359 e. The van der Waals surface area contributed by atoms with E-state index in [2.05, 4.69) is 84.5 Å². The molecule has 3 aromatic rings. The monoisotopic (exact) mass is 490 g/mol. The van der Waals surface area contributed by atoms with Crippen LogP contribution < -0.4 is 21.3 Å². The van der Waals surface area contributed by atoms with Gasteiger partial charge in [0.2, 0.25) is 0 Å². The van der Waals surface area contributed by atoms with Gasteiger partial charge < -0.3 is 21.3 Å². The highest BCUT2D eigenvalue weighted by molar-refractivity contribution is 7.80. The van der Waals surface area contributed by atoms with Crippen molar-refractivity contribution in [3.8, 4) is 0 Å². The van der Waals surface area contributed by atoms with Crippen molar-refractivity contribution in [1.82, 2.24) is 21.3 Å². The summed E-state index contributed by atoms with van der Waals surface area (Å²) >= 11 is 11.0. The van der Waals surface area contributed by atoms with Crippen LogP contribution in [-0.4, -0.2) is 10.2 Å². The van der Waals surface area contributed by atoms with Crippen LogP contribution in [0.2, 0.25) is 0 Å². The maximum atomic E-state index is 5.49. The van der Waals surface area contributed by atoms with Crippen molar-refractivity contribution in [3.05, 3.63) is 107 Å². The third-order valence-electron chi connectivity index (χ3n) is 5.42. The van der Waals surface area contributed by atoms with Gasteiger partial charge >= 0.3 is 0 Å². The normalized spacial score (nSPS) is 10.9. The van der Waals surface area contributed by atoms with Crippen molar-refractivity contribution in [1.29, 1.82) is 0 Å². The summed E-state index contributed by atoms with van der Waals surface area (Å²) in [5, 5.41) is 14.5. The van der Waals surface area contributed by atoms with Crippen molar-refractivity contribution in [2.45, 2.75) is 52.4 Å². The zero-order valence-corrected chi connectivity index (χ0v) is 21.8. The fraction of sp³-hybridized carbons (Fsp3) is 0.286. The Hall–Kier alpha value is -2.96. The quantitative estimate of drug-likeness (QED) is 0.321. The summed E-state index contributed by atoms with van der Waals surface area (Å²) in [5.74, 6) is 0. The van der Waals surface area contributed by atoms with Crippen molar-refractivity contribution in [2.24, 2.45) is 0 Å². The van der Waals surface area contributed by atoms with Gasteiger partial charge in [-0.25, -0.2) is 0 Å². The van der Waals surface area contributed by atoms with Crippen LogP contribution in [0.3, 0.4) is 0 Å². The summed E-state index contributed by atoms with van der Waals surface area (Å²) in [4.78, 5) is 0. The van der Waals surface area contributed by atoms with Crippen molar-refractivity contribution < 1.29 is 0 Å². The Bertz CT molecular complexity index is 999. The molecule has 4 nitrogen and oxygen atoms in total. The molecule has 0 aliphatic carbocycles. The second-order valence-electron chi connectivity index (χ2n) is 9.33. The molecule has 0 aliphatic rings. The molecule has 4 N–H and O–H groups in total. The van der Waals surface area contributed by atoms with E-state index in [1.807, 2.05) is 36.4 Å². The Kier molecular flexibility index (Phi) is 9.42. The maximum absolute atomic E-state index is 5.49. The molecule has 178 valence electrons. The van der Waals surface area contributed by atoms with Crippen LogP contribution in [0.4, 0.5) is 0 Å². The minimum atomic E-state index is 0.0445. The second-order valence-corrected chi connectivity index (χ2v) is 10.1. The van der Waals surface area contributed by atoms with E-state index in [4.69, 9.17) is 24.4 Å². The lowest BCUT2D eigenvalue weighted by molar-refractivity contribution is 0.587. The SMILES string of the molecule is CC(C)(C)c1cc(CNC(=S)NCc2ccccc2)cc(CNC(=S)NCc2ccccc2)c1. The van der Waals surface area contributed by atoms with E-state index in [1.54, 1.807) is 0 Å². The minimum absolute atomic E-state index is 0.0445. The van der Waals surface area contributed by atoms with E-state index in [-0.39, 0.29) is 5.41 Å². The molecule has 0 bridgehead atoms. The van der Waals surface area contributed by atoms with Gasteiger partial charge in [-0.3, -0.25) is 0 Å². The van der Waals surface area contributed by atoms with Crippen LogP contribution in [0.15, 0.2) is 78.9 Å². The Morgan fingerprint density at radius 3 is 1.26 bits per heavy atom. The highest BCUT2D eigenvalue weighted by atomic mass is 32.1. The number of benzene rings is 3. The standard InChI is InChI=1S/C28H34N4S2/c1-28(2,3)25-15-23(19-31-26(33)29-17-21-10-6-4-7-11-21)14-24(16-25)20-32-27(34)30-18-22-12-8-5-9-13-22/h4-16H,17-20H2,1-3H3,(H2,29,31,33)(H2,30,32,34). The summed E-state index contributed by atoms with van der Waals surface area (Å²) in [7, 11) is 0. The fourth-order valence-electron chi connectivity index (χ4n) is 3.45. The average molecular weight is 491 g/mol. The first kappa shape index (κ1) is 25.7. The number of rotatable bonds is 8. The van der Waals surface area contributed by atoms with Crippen molar-refractivity contribution in [2.75, 3.05) is 0 Å². The highest BCUT2D eigenvalue weighted by Gasteiger charge is 2.15.